The van der Waals surface area contributed by atoms with E-state index in [4.69, 9.17) is 10.5 Å². The number of benzene rings is 2. The molecule has 0 saturated heterocycles. The third-order valence-corrected chi connectivity index (χ3v) is 4.53. The first kappa shape index (κ1) is 18.1. The molecule has 0 aliphatic carbocycles. The quantitative estimate of drug-likeness (QED) is 0.555. The van der Waals surface area contributed by atoms with Gasteiger partial charge in [-0.25, -0.2) is 9.67 Å². The van der Waals surface area contributed by atoms with Crippen molar-refractivity contribution in [2.75, 3.05) is 12.8 Å². The number of ether oxygens (including phenoxy) is 1. The molecule has 0 atom stereocenters. The summed E-state index contributed by atoms with van der Waals surface area (Å²) in [5.41, 5.74) is 9.68. The number of nitrogens with two attached hydrogens (primary N) is 1. The molecule has 0 fully saturated rings. The molecule has 7 heteroatoms. The van der Waals surface area contributed by atoms with Gasteiger partial charge in [0, 0.05) is 17.3 Å². The molecule has 2 heterocycles. The van der Waals surface area contributed by atoms with E-state index in [1.807, 2.05) is 30.5 Å². The summed E-state index contributed by atoms with van der Waals surface area (Å²) >= 11 is 0. The zero-order valence-corrected chi connectivity index (χ0v) is 15.6. The van der Waals surface area contributed by atoms with Crippen molar-refractivity contribution in [3.05, 3.63) is 72.6 Å². The molecule has 7 nitrogen and oxygen atoms in total. The number of aromatic hydroxyl groups is 1. The van der Waals surface area contributed by atoms with Crippen LogP contribution in [0.5, 0.6) is 11.5 Å². The second-order valence-corrected chi connectivity index (χ2v) is 6.32. The predicted octanol–water partition coefficient (Wildman–Crippen LogP) is 3.77. The van der Waals surface area contributed by atoms with Gasteiger partial charge in [-0.2, -0.15) is 10.4 Å². The third kappa shape index (κ3) is 3.35. The summed E-state index contributed by atoms with van der Waals surface area (Å²) in [7, 11) is 1.60. The van der Waals surface area contributed by atoms with E-state index in [1.54, 1.807) is 48.3 Å². The summed E-state index contributed by atoms with van der Waals surface area (Å²) in [6.45, 7) is 0. The van der Waals surface area contributed by atoms with Gasteiger partial charge in [0.25, 0.3) is 0 Å². The minimum Gasteiger partial charge on any atom is -0.508 e. The minimum absolute atomic E-state index is 0.104. The molecule has 0 aliphatic heterocycles. The van der Waals surface area contributed by atoms with E-state index >= 15 is 0 Å². The molecule has 4 aromatic rings. The topological polar surface area (TPSA) is 110 Å². The second-order valence-electron chi connectivity index (χ2n) is 6.32. The lowest BCUT2D eigenvalue weighted by molar-refractivity contribution is 0.411. The van der Waals surface area contributed by atoms with Crippen molar-refractivity contribution in [1.82, 2.24) is 14.8 Å². The molecular formula is C22H17N5O2. The lowest BCUT2D eigenvalue weighted by Gasteiger charge is -2.10. The molecule has 0 amide bonds. The Hall–Kier alpha value is -4.31. The highest BCUT2D eigenvalue weighted by atomic mass is 16.5. The number of phenolic OH excluding ortho intramolecular Hbond substituents is 1. The van der Waals surface area contributed by atoms with Crippen LogP contribution < -0.4 is 10.5 Å². The molecule has 0 saturated carbocycles. The van der Waals surface area contributed by atoms with Gasteiger partial charge in [0.15, 0.2) is 0 Å². The lowest BCUT2D eigenvalue weighted by atomic mass is 9.99. The van der Waals surface area contributed by atoms with Crippen LogP contribution in [-0.2, 0) is 0 Å². The number of para-hydroxylation sites is 2. The molecule has 2 aromatic carbocycles. The highest BCUT2D eigenvalue weighted by Gasteiger charge is 2.15. The number of phenols is 1. The first-order chi connectivity index (χ1) is 14.1. The Labute approximate surface area is 167 Å². The first-order valence-corrected chi connectivity index (χ1v) is 8.79. The van der Waals surface area contributed by atoms with Crippen LogP contribution in [0.2, 0.25) is 0 Å². The zero-order valence-electron chi connectivity index (χ0n) is 15.6. The van der Waals surface area contributed by atoms with Crippen LogP contribution in [0.15, 0.2) is 67.0 Å². The summed E-state index contributed by atoms with van der Waals surface area (Å²) in [4.78, 5) is 4.38. The Morgan fingerprint density at radius 1 is 1.10 bits per heavy atom. The molecule has 0 spiro atoms. The van der Waals surface area contributed by atoms with Crippen LogP contribution in [0, 0.1) is 11.3 Å². The van der Waals surface area contributed by atoms with E-state index in [-0.39, 0.29) is 17.1 Å². The van der Waals surface area contributed by atoms with E-state index in [0.29, 0.717) is 22.6 Å². The summed E-state index contributed by atoms with van der Waals surface area (Å²) in [5, 5.41) is 23.8. The fourth-order valence-electron chi connectivity index (χ4n) is 3.14. The summed E-state index contributed by atoms with van der Waals surface area (Å²) in [5.74, 6) is 0.913. The Balaban J connectivity index is 1.83. The van der Waals surface area contributed by atoms with Crippen LogP contribution >= 0.6 is 0 Å². The number of anilines is 1. The molecule has 142 valence electrons. The Kier molecular flexibility index (Phi) is 4.59. The van der Waals surface area contributed by atoms with Crippen LogP contribution in [0.25, 0.3) is 28.1 Å². The lowest BCUT2D eigenvalue weighted by Crippen LogP contribution is -2.00. The van der Waals surface area contributed by atoms with Crippen LogP contribution in [0.3, 0.4) is 0 Å². The SMILES string of the molecule is COc1ccccc1-n1cc(-c2cc(-c3cccc(O)c3)c(C#N)c(N)n2)cn1. The van der Waals surface area contributed by atoms with E-state index < -0.39 is 0 Å². The smallest absolute Gasteiger partial charge is 0.144 e. The Morgan fingerprint density at radius 3 is 2.69 bits per heavy atom. The molecule has 0 radical (unpaired) electrons. The monoisotopic (exact) mass is 383 g/mol. The van der Waals surface area contributed by atoms with E-state index in [0.717, 1.165) is 11.3 Å². The number of rotatable bonds is 4. The first-order valence-electron chi connectivity index (χ1n) is 8.79. The van der Waals surface area contributed by atoms with Crippen molar-refractivity contribution in [2.24, 2.45) is 0 Å². The number of hydrogen-bond acceptors (Lipinski definition) is 6. The van der Waals surface area contributed by atoms with E-state index in [9.17, 15) is 10.4 Å². The fourth-order valence-corrected chi connectivity index (χ4v) is 3.14. The standard InChI is InChI=1S/C22H17N5O2/c1-29-21-8-3-2-7-20(21)27-13-15(12-25-27)19-10-17(18(11-23)22(24)26-19)14-5-4-6-16(28)9-14/h2-10,12-13,28H,1H3,(H2,24,26). The van der Waals surface area contributed by atoms with Crippen LogP contribution in [0.1, 0.15) is 5.56 Å². The van der Waals surface area contributed by atoms with Crippen LogP contribution in [-0.4, -0.2) is 27.0 Å². The number of methoxy groups -OCH3 is 1. The predicted molar refractivity (Wildman–Crippen MR) is 110 cm³/mol. The maximum atomic E-state index is 9.82. The molecule has 3 N–H and O–H groups in total. The van der Waals surface area contributed by atoms with Gasteiger partial charge in [-0.3, -0.25) is 0 Å². The van der Waals surface area contributed by atoms with Gasteiger partial charge >= 0.3 is 0 Å². The maximum Gasteiger partial charge on any atom is 0.144 e. The Bertz CT molecular complexity index is 1240. The number of pyridine rings is 1. The molecule has 2 aromatic heterocycles. The van der Waals surface area contributed by atoms with Crippen molar-refractivity contribution in [2.45, 2.75) is 0 Å². The normalized spacial score (nSPS) is 10.5. The highest BCUT2D eigenvalue weighted by Crippen LogP contribution is 2.33. The fraction of sp³-hybridized carbons (Fsp3) is 0.0455. The highest BCUT2D eigenvalue weighted by molar-refractivity contribution is 5.80. The van der Waals surface area contributed by atoms with Crippen molar-refractivity contribution in [1.29, 1.82) is 5.26 Å². The van der Waals surface area contributed by atoms with Gasteiger partial charge in [-0.05, 0) is 35.9 Å². The molecule has 0 bridgehead atoms. The van der Waals surface area contributed by atoms with E-state index in [2.05, 4.69) is 16.2 Å². The van der Waals surface area contributed by atoms with Crippen molar-refractivity contribution in [3.8, 4) is 45.6 Å². The maximum absolute atomic E-state index is 9.82. The van der Waals surface area contributed by atoms with Gasteiger partial charge in [0.2, 0.25) is 0 Å². The van der Waals surface area contributed by atoms with Gasteiger partial charge in [0.05, 0.1) is 19.0 Å². The number of hydrogen-bond donors (Lipinski definition) is 2. The van der Waals surface area contributed by atoms with Crippen LogP contribution in [0.4, 0.5) is 5.82 Å². The molecular weight excluding hydrogens is 366 g/mol. The van der Waals surface area contributed by atoms with Gasteiger partial charge in [-0.1, -0.05) is 24.3 Å². The van der Waals surface area contributed by atoms with Gasteiger partial charge < -0.3 is 15.6 Å². The molecule has 0 aliphatic rings. The molecule has 29 heavy (non-hydrogen) atoms. The molecule has 0 unspecified atom stereocenters. The average Bonchev–Trinajstić information content (AvgIpc) is 3.23. The van der Waals surface area contributed by atoms with Crippen molar-refractivity contribution < 1.29 is 9.84 Å². The van der Waals surface area contributed by atoms with Gasteiger partial charge in [0.1, 0.15) is 34.6 Å². The van der Waals surface area contributed by atoms with Crippen molar-refractivity contribution in [3.63, 3.8) is 0 Å². The number of nitriles is 1. The van der Waals surface area contributed by atoms with E-state index in [1.165, 1.54) is 0 Å². The minimum atomic E-state index is 0.104. The van der Waals surface area contributed by atoms with Crippen molar-refractivity contribution >= 4 is 5.82 Å². The van der Waals surface area contributed by atoms with Gasteiger partial charge in [-0.15, -0.1) is 0 Å². The molecule has 4 rings (SSSR count). The second kappa shape index (κ2) is 7.37. The third-order valence-electron chi connectivity index (χ3n) is 4.53. The number of aromatic nitrogens is 3. The Morgan fingerprint density at radius 2 is 1.93 bits per heavy atom. The number of nitrogens with zero attached hydrogens (tertiary/aromatic N) is 4. The largest absolute Gasteiger partial charge is 0.508 e. The summed E-state index contributed by atoms with van der Waals surface area (Å²) in [6, 6.07) is 18.1. The number of nitrogen functional groups attached to an aromatic ring is 1. The average molecular weight is 383 g/mol. The zero-order chi connectivity index (χ0) is 20.4. The summed E-state index contributed by atoms with van der Waals surface area (Å²) < 4.78 is 7.09. The summed E-state index contributed by atoms with van der Waals surface area (Å²) in [6.07, 6.45) is 3.49.